The molecule has 43 heavy (non-hydrogen) atoms. The third-order valence-corrected chi connectivity index (χ3v) is 8.29. The van der Waals surface area contributed by atoms with Gasteiger partial charge in [0.05, 0.1) is 6.04 Å². The van der Waals surface area contributed by atoms with Gasteiger partial charge in [-0.3, -0.25) is 29.4 Å². The number of nitrogens with one attached hydrogen (secondary N) is 1. The summed E-state index contributed by atoms with van der Waals surface area (Å²) in [6.07, 6.45) is 0.352. The summed E-state index contributed by atoms with van der Waals surface area (Å²) in [5.41, 5.74) is 1.00. The van der Waals surface area contributed by atoms with Crippen LogP contribution in [-0.4, -0.2) is 70.5 Å². The first-order valence-corrected chi connectivity index (χ1v) is 13.8. The van der Waals surface area contributed by atoms with Gasteiger partial charge in [-0.25, -0.2) is 17.6 Å². The second-order valence-corrected chi connectivity index (χ2v) is 10.8. The Kier molecular flexibility index (Phi) is 7.47. The molecule has 1 atom stereocenters. The van der Waals surface area contributed by atoms with Crippen LogP contribution < -0.4 is 5.32 Å². The minimum absolute atomic E-state index is 0.120. The topological polar surface area (TPSA) is 90.0 Å². The highest BCUT2D eigenvalue weighted by molar-refractivity contribution is 6.06. The van der Waals surface area contributed by atoms with E-state index in [1.165, 1.54) is 35.2 Å². The number of piperazine rings is 1. The average Bonchev–Trinajstić information content (AvgIpc) is 3.32. The third-order valence-electron chi connectivity index (χ3n) is 8.29. The van der Waals surface area contributed by atoms with E-state index in [-0.39, 0.29) is 74.4 Å². The molecule has 1 unspecified atom stereocenters. The van der Waals surface area contributed by atoms with Crippen LogP contribution in [0, 0.1) is 23.3 Å². The van der Waals surface area contributed by atoms with Crippen molar-refractivity contribution in [2.75, 3.05) is 26.2 Å². The van der Waals surface area contributed by atoms with Gasteiger partial charge < -0.3 is 9.80 Å². The molecular formula is C31H26F4N4O4. The molecule has 3 heterocycles. The normalized spacial score (nSPS) is 19.2. The summed E-state index contributed by atoms with van der Waals surface area (Å²) in [6.45, 7) is 0.780. The molecule has 0 bridgehead atoms. The summed E-state index contributed by atoms with van der Waals surface area (Å²) >= 11 is 0. The number of rotatable bonds is 5. The van der Waals surface area contributed by atoms with E-state index in [1.54, 1.807) is 21.9 Å². The summed E-state index contributed by atoms with van der Waals surface area (Å²) in [5, 5.41) is 2.25. The van der Waals surface area contributed by atoms with Crippen LogP contribution in [0.15, 0.2) is 54.6 Å². The van der Waals surface area contributed by atoms with Gasteiger partial charge in [-0.15, -0.1) is 0 Å². The van der Waals surface area contributed by atoms with Gasteiger partial charge in [0.25, 0.3) is 11.8 Å². The molecule has 0 radical (unpaired) electrons. The molecule has 0 spiro atoms. The number of halogens is 4. The lowest BCUT2D eigenvalue weighted by molar-refractivity contribution is -0.136. The van der Waals surface area contributed by atoms with Crippen molar-refractivity contribution in [1.82, 2.24) is 20.0 Å². The predicted molar refractivity (Wildman–Crippen MR) is 145 cm³/mol. The van der Waals surface area contributed by atoms with Crippen molar-refractivity contribution < 1.29 is 36.7 Å². The van der Waals surface area contributed by atoms with E-state index in [2.05, 4.69) is 5.32 Å². The van der Waals surface area contributed by atoms with Crippen molar-refractivity contribution >= 4 is 23.6 Å². The zero-order chi connectivity index (χ0) is 30.4. The Hall–Kier alpha value is -4.58. The number of carbonyl (C=O) groups excluding carboxylic acids is 4. The van der Waals surface area contributed by atoms with E-state index < -0.39 is 41.3 Å². The second-order valence-electron chi connectivity index (χ2n) is 10.8. The van der Waals surface area contributed by atoms with E-state index in [0.29, 0.717) is 16.7 Å². The molecule has 8 nitrogen and oxygen atoms in total. The largest absolute Gasteiger partial charge is 0.336 e. The number of fused-ring (bicyclic) bond motifs is 1. The summed E-state index contributed by atoms with van der Waals surface area (Å²) in [4.78, 5) is 54.9. The monoisotopic (exact) mass is 594 g/mol. The van der Waals surface area contributed by atoms with Crippen molar-refractivity contribution in [3.05, 3.63) is 106 Å². The van der Waals surface area contributed by atoms with Crippen LogP contribution >= 0.6 is 0 Å². The van der Waals surface area contributed by atoms with Gasteiger partial charge in [-0.1, -0.05) is 24.3 Å². The van der Waals surface area contributed by atoms with Crippen molar-refractivity contribution in [3.63, 3.8) is 0 Å². The number of hydrogen-bond acceptors (Lipinski definition) is 5. The first-order chi connectivity index (χ1) is 20.6. The number of amides is 4. The highest BCUT2D eigenvalue weighted by Crippen LogP contribution is 2.35. The molecule has 0 aliphatic carbocycles. The van der Waals surface area contributed by atoms with Gasteiger partial charge in [0.15, 0.2) is 23.3 Å². The summed E-state index contributed by atoms with van der Waals surface area (Å²) in [5.74, 6) is -6.12. The fourth-order valence-corrected chi connectivity index (χ4v) is 6.10. The van der Waals surface area contributed by atoms with Crippen molar-refractivity contribution in [1.29, 1.82) is 0 Å². The minimum atomic E-state index is -1.16. The number of hydrogen-bond donors (Lipinski definition) is 1. The van der Waals surface area contributed by atoms with E-state index in [9.17, 15) is 36.7 Å². The van der Waals surface area contributed by atoms with Crippen molar-refractivity contribution in [3.8, 4) is 0 Å². The Bertz CT molecular complexity index is 1610. The highest BCUT2D eigenvalue weighted by Gasteiger charge is 2.40. The standard InChI is InChI=1S/C31H26F4N4O4/c32-22-5-1-3-20(26(22)34)28(21-4-2-6-23(33)27(21)35)37-11-13-38(14-12-37)30(42)17-7-8-19-18(15-17)16-39(31(19)43)24-9-10-25(40)36-29(24)41/h1-8,15,24,28H,9-14,16H2,(H,36,40,41). The van der Waals surface area contributed by atoms with Gasteiger partial charge in [0.2, 0.25) is 11.8 Å². The summed E-state index contributed by atoms with van der Waals surface area (Å²) < 4.78 is 58.2. The molecule has 0 saturated carbocycles. The van der Waals surface area contributed by atoms with E-state index >= 15 is 0 Å². The Morgan fingerprint density at radius 3 is 2.07 bits per heavy atom. The molecule has 6 rings (SSSR count). The van der Waals surface area contributed by atoms with E-state index in [0.717, 1.165) is 12.1 Å². The SMILES string of the molecule is O=C1CCC(N2Cc3cc(C(=O)N4CCN(C(c5cccc(F)c5F)c5cccc(F)c5F)CC4)ccc3C2=O)C(=O)N1. The first kappa shape index (κ1) is 28.5. The van der Waals surface area contributed by atoms with Crippen LogP contribution in [-0.2, 0) is 16.1 Å². The molecule has 3 aliphatic heterocycles. The Morgan fingerprint density at radius 1 is 0.837 bits per heavy atom. The third kappa shape index (κ3) is 5.16. The van der Waals surface area contributed by atoms with Crippen LogP contribution in [0.3, 0.4) is 0 Å². The molecular weight excluding hydrogens is 568 g/mol. The molecule has 3 aliphatic rings. The molecule has 2 fully saturated rings. The van der Waals surface area contributed by atoms with Crippen LogP contribution in [0.5, 0.6) is 0 Å². The number of nitrogens with zero attached hydrogens (tertiary/aromatic N) is 3. The Morgan fingerprint density at radius 2 is 1.47 bits per heavy atom. The number of piperidine rings is 1. The van der Waals surface area contributed by atoms with Gasteiger partial charge in [-0.2, -0.15) is 0 Å². The molecule has 3 aromatic rings. The number of carbonyl (C=O) groups is 4. The van der Waals surface area contributed by atoms with E-state index in [4.69, 9.17) is 0 Å². The highest BCUT2D eigenvalue weighted by atomic mass is 19.2. The number of benzene rings is 3. The molecule has 4 amide bonds. The van der Waals surface area contributed by atoms with Gasteiger partial charge in [0.1, 0.15) is 6.04 Å². The second kappa shape index (κ2) is 11.3. The zero-order valence-corrected chi connectivity index (χ0v) is 22.8. The molecule has 3 aromatic carbocycles. The lowest BCUT2D eigenvalue weighted by atomic mass is 9.95. The fraction of sp³-hybridized carbons (Fsp3) is 0.290. The Labute approximate surface area is 243 Å². The van der Waals surface area contributed by atoms with Crippen molar-refractivity contribution in [2.24, 2.45) is 0 Å². The predicted octanol–water partition coefficient (Wildman–Crippen LogP) is 3.55. The maximum absolute atomic E-state index is 14.9. The molecule has 222 valence electrons. The fourth-order valence-electron chi connectivity index (χ4n) is 6.10. The van der Waals surface area contributed by atoms with Crippen molar-refractivity contribution in [2.45, 2.75) is 31.5 Å². The molecule has 1 N–H and O–H groups in total. The van der Waals surface area contributed by atoms with Gasteiger partial charge in [0, 0.05) is 61.4 Å². The molecule has 12 heteroatoms. The first-order valence-electron chi connectivity index (χ1n) is 13.8. The Balaban J connectivity index is 1.19. The van der Waals surface area contributed by atoms with Crippen LogP contribution in [0.25, 0.3) is 0 Å². The lowest BCUT2D eigenvalue weighted by Gasteiger charge is -2.40. The smallest absolute Gasteiger partial charge is 0.255 e. The molecule has 2 saturated heterocycles. The van der Waals surface area contributed by atoms with E-state index in [1.807, 2.05) is 0 Å². The molecule has 0 aromatic heterocycles. The van der Waals surface area contributed by atoms with Gasteiger partial charge in [-0.05, 0) is 42.3 Å². The average molecular weight is 595 g/mol. The quantitative estimate of drug-likeness (QED) is 0.361. The zero-order valence-electron chi connectivity index (χ0n) is 22.8. The number of imide groups is 1. The maximum Gasteiger partial charge on any atom is 0.255 e. The summed E-state index contributed by atoms with van der Waals surface area (Å²) in [7, 11) is 0. The lowest BCUT2D eigenvalue weighted by Crippen LogP contribution is -2.52. The summed E-state index contributed by atoms with van der Waals surface area (Å²) in [6, 6.07) is 9.94. The van der Waals surface area contributed by atoms with Crippen LogP contribution in [0.4, 0.5) is 17.6 Å². The van der Waals surface area contributed by atoms with Crippen LogP contribution in [0.2, 0.25) is 0 Å². The van der Waals surface area contributed by atoms with Gasteiger partial charge >= 0.3 is 0 Å². The van der Waals surface area contributed by atoms with Crippen LogP contribution in [0.1, 0.15) is 56.3 Å². The minimum Gasteiger partial charge on any atom is -0.336 e. The maximum atomic E-state index is 14.9.